The highest BCUT2D eigenvalue weighted by molar-refractivity contribution is 7.99. The van der Waals surface area contributed by atoms with Gasteiger partial charge >= 0.3 is 0 Å². The first kappa shape index (κ1) is 27.6. The zero-order chi connectivity index (χ0) is 26.1. The second kappa shape index (κ2) is 13.4. The van der Waals surface area contributed by atoms with E-state index in [-0.39, 0.29) is 24.2 Å². The van der Waals surface area contributed by atoms with Crippen LogP contribution >= 0.6 is 23.1 Å². The molecule has 194 valence electrons. The summed E-state index contributed by atoms with van der Waals surface area (Å²) in [5.41, 5.74) is 6.47. The lowest BCUT2D eigenvalue weighted by Crippen LogP contribution is -2.55. The van der Waals surface area contributed by atoms with Gasteiger partial charge in [-0.05, 0) is 42.0 Å². The number of carbonyl (C=O) groups is 4. The highest BCUT2D eigenvalue weighted by atomic mass is 32.2. The molecule has 0 aliphatic carbocycles. The zero-order valence-electron chi connectivity index (χ0n) is 19.4. The quantitative estimate of drug-likeness (QED) is 0.405. The third-order valence-corrected chi connectivity index (χ3v) is 8.12. The smallest absolute Gasteiger partial charge is 0.249 e. The molecule has 3 rings (SSSR count). The average Bonchev–Trinajstić information content (AvgIpc) is 3.37. The van der Waals surface area contributed by atoms with E-state index in [1.807, 2.05) is 5.38 Å². The number of likely N-dealkylation sites (tertiary alicyclic amines) is 1. The largest absolute Gasteiger partial charge is 0.548 e. The van der Waals surface area contributed by atoms with Gasteiger partial charge in [0.15, 0.2) is 0 Å². The molecule has 12 heteroatoms. The molecule has 3 amide bonds. The first-order chi connectivity index (χ1) is 17.2. The van der Waals surface area contributed by atoms with Gasteiger partial charge in [0.1, 0.15) is 18.5 Å². The van der Waals surface area contributed by atoms with Crippen molar-refractivity contribution >= 4 is 46.8 Å². The van der Waals surface area contributed by atoms with Crippen molar-refractivity contribution in [2.75, 3.05) is 26.3 Å². The molecule has 1 aromatic heterocycles. The van der Waals surface area contributed by atoms with Crippen LogP contribution < -0.4 is 16.2 Å². The van der Waals surface area contributed by atoms with Gasteiger partial charge in [0.2, 0.25) is 17.7 Å². The Kier molecular flexibility index (Phi) is 10.3. The molecule has 3 N–H and O–H groups in total. The number of amides is 3. The van der Waals surface area contributed by atoms with Crippen molar-refractivity contribution < 1.29 is 33.4 Å². The van der Waals surface area contributed by atoms with Crippen molar-refractivity contribution in [1.29, 1.82) is 0 Å². The monoisotopic (exact) mass is 536 g/mol. The van der Waals surface area contributed by atoms with E-state index in [2.05, 4.69) is 5.32 Å². The SMILES string of the molecule is NC(=O)[C@@H](CNC(=O)[C@@H]1C[C@@H](SCc2ccc(F)cc2)CCN1C(=O)COCC(=O)[O-])c1cccs1. The van der Waals surface area contributed by atoms with Crippen LogP contribution in [0.1, 0.15) is 29.2 Å². The third kappa shape index (κ3) is 8.04. The zero-order valence-corrected chi connectivity index (χ0v) is 21.0. The van der Waals surface area contributed by atoms with Gasteiger partial charge in [0.05, 0.1) is 18.5 Å². The van der Waals surface area contributed by atoms with Crippen LogP contribution in [0.15, 0.2) is 41.8 Å². The van der Waals surface area contributed by atoms with Gasteiger partial charge < -0.3 is 30.6 Å². The highest BCUT2D eigenvalue weighted by Gasteiger charge is 2.36. The fourth-order valence-corrected chi connectivity index (χ4v) is 5.93. The van der Waals surface area contributed by atoms with Crippen molar-refractivity contribution in [3.05, 3.63) is 58.0 Å². The van der Waals surface area contributed by atoms with Gasteiger partial charge in [-0.2, -0.15) is 11.8 Å². The Morgan fingerprint density at radius 1 is 1.22 bits per heavy atom. The summed E-state index contributed by atoms with van der Waals surface area (Å²) < 4.78 is 18.1. The molecule has 1 aliphatic rings. The molecule has 1 aromatic carbocycles. The van der Waals surface area contributed by atoms with Gasteiger partial charge in [-0.3, -0.25) is 14.4 Å². The minimum atomic E-state index is -1.45. The lowest BCUT2D eigenvalue weighted by Gasteiger charge is -2.38. The van der Waals surface area contributed by atoms with E-state index in [0.29, 0.717) is 18.6 Å². The number of carboxylic acids is 1. The number of carbonyl (C=O) groups excluding carboxylic acids is 4. The van der Waals surface area contributed by atoms with Crippen LogP contribution in [-0.2, 0) is 29.7 Å². The van der Waals surface area contributed by atoms with Crippen LogP contribution in [0.4, 0.5) is 4.39 Å². The topological polar surface area (TPSA) is 142 Å². The van der Waals surface area contributed by atoms with E-state index >= 15 is 0 Å². The Bertz CT molecular complexity index is 1050. The predicted octanol–water partition coefficient (Wildman–Crippen LogP) is 0.632. The maximum atomic E-state index is 13.2. The number of thiophene rings is 1. The number of nitrogens with two attached hydrogens (primary N) is 1. The average molecular weight is 537 g/mol. The number of benzene rings is 1. The van der Waals surface area contributed by atoms with Crippen LogP contribution in [0.25, 0.3) is 0 Å². The highest BCUT2D eigenvalue weighted by Crippen LogP contribution is 2.30. The Morgan fingerprint density at radius 3 is 2.61 bits per heavy atom. The van der Waals surface area contributed by atoms with Gasteiger partial charge in [-0.25, -0.2) is 4.39 Å². The number of nitrogens with zero attached hydrogens (tertiary/aromatic N) is 1. The summed E-state index contributed by atoms with van der Waals surface area (Å²) in [6, 6.07) is 8.91. The number of nitrogens with one attached hydrogen (secondary N) is 1. The van der Waals surface area contributed by atoms with Crippen LogP contribution in [-0.4, -0.2) is 66.2 Å². The molecule has 9 nitrogen and oxygen atoms in total. The number of halogens is 1. The molecule has 0 saturated carbocycles. The Balaban J connectivity index is 1.66. The van der Waals surface area contributed by atoms with Gasteiger partial charge in [-0.15, -0.1) is 11.3 Å². The molecular weight excluding hydrogens is 509 g/mol. The Labute approximate surface area is 216 Å². The molecule has 1 aliphatic heterocycles. The fourth-order valence-electron chi connectivity index (χ4n) is 3.88. The van der Waals surface area contributed by atoms with Crippen LogP contribution in [0.5, 0.6) is 0 Å². The van der Waals surface area contributed by atoms with Gasteiger partial charge in [0.25, 0.3) is 0 Å². The summed E-state index contributed by atoms with van der Waals surface area (Å²) >= 11 is 2.97. The molecule has 2 heterocycles. The number of aliphatic carboxylic acids is 1. The van der Waals surface area contributed by atoms with E-state index in [4.69, 9.17) is 10.5 Å². The van der Waals surface area contributed by atoms with Crippen molar-refractivity contribution in [2.45, 2.75) is 35.8 Å². The molecule has 0 spiro atoms. The normalized spacial score (nSPS) is 18.4. The molecule has 0 radical (unpaired) electrons. The summed E-state index contributed by atoms with van der Waals surface area (Å²) in [6.07, 6.45) is 0.963. The number of primary amides is 1. The number of hydrogen-bond acceptors (Lipinski definition) is 8. The predicted molar refractivity (Wildman–Crippen MR) is 131 cm³/mol. The number of ether oxygens (including phenoxy) is 1. The molecular formula is C24H27FN3O6S2-. The summed E-state index contributed by atoms with van der Waals surface area (Å²) in [6.45, 7) is -0.962. The summed E-state index contributed by atoms with van der Waals surface area (Å²) in [7, 11) is 0. The van der Waals surface area contributed by atoms with E-state index in [0.717, 1.165) is 10.4 Å². The summed E-state index contributed by atoms with van der Waals surface area (Å²) in [5, 5.41) is 15.2. The second-order valence-corrected chi connectivity index (χ2v) is 10.5. The number of thioether (sulfide) groups is 1. The minimum Gasteiger partial charge on any atom is -0.548 e. The maximum absolute atomic E-state index is 13.2. The van der Waals surface area contributed by atoms with Gasteiger partial charge in [0, 0.05) is 29.0 Å². The van der Waals surface area contributed by atoms with Crippen molar-refractivity contribution in [1.82, 2.24) is 10.2 Å². The van der Waals surface area contributed by atoms with E-state index < -0.39 is 48.9 Å². The molecule has 3 atom stereocenters. The van der Waals surface area contributed by atoms with E-state index in [1.54, 1.807) is 36.0 Å². The molecule has 1 fully saturated rings. The number of rotatable bonds is 12. The molecule has 0 unspecified atom stereocenters. The fraction of sp³-hybridized carbons (Fsp3) is 0.417. The van der Waals surface area contributed by atoms with Crippen LogP contribution in [0, 0.1) is 5.82 Å². The summed E-state index contributed by atoms with van der Waals surface area (Å²) in [4.78, 5) is 50.6. The summed E-state index contributed by atoms with van der Waals surface area (Å²) in [5.74, 6) is -3.36. The molecule has 0 bridgehead atoms. The first-order valence-electron chi connectivity index (χ1n) is 11.3. The lowest BCUT2D eigenvalue weighted by molar-refractivity contribution is -0.309. The van der Waals surface area contributed by atoms with Crippen molar-refractivity contribution in [3.8, 4) is 0 Å². The molecule has 36 heavy (non-hydrogen) atoms. The molecule has 1 saturated heterocycles. The van der Waals surface area contributed by atoms with Crippen LogP contribution in [0.3, 0.4) is 0 Å². The van der Waals surface area contributed by atoms with E-state index in [1.165, 1.54) is 28.4 Å². The number of hydrogen-bond donors (Lipinski definition) is 2. The maximum Gasteiger partial charge on any atom is 0.249 e. The standard InChI is InChI=1S/C24H28FN3O6S2/c25-16-5-3-15(4-6-16)14-36-17-7-8-28(21(29)12-34-13-22(30)31)19(10-17)24(33)27-11-18(23(26)32)20-2-1-9-35-20/h1-6,9,17-19H,7-8,10-14H2,(H2,26,32)(H,27,33)(H,30,31)/p-1/t17-,18-,19-/m0/s1. The van der Waals surface area contributed by atoms with Crippen LogP contribution in [0.2, 0.25) is 0 Å². The van der Waals surface area contributed by atoms with Crippen molar-refractivity contribution in [3.63, 3.8) is 0 Å². The Morgan fingerprint density at radius 2 is 1.97 bits per heavy atom. The number of carboxylic acid groups (broad SMARTS) is 1. The van der Waals surface area contributed by atoms with Gasteiger partial charge in [-0.1, -0.05) is 18.2 Å². The van der Waals surface area contributed by atoms with E-state index in [9.17, 15) is 28.7 Å². The second-order valence-electron chi connectivity index (χ2n) is 8.27. The number of piperidine rings is 1. The molecule has 2 aromatic rings. The first-order valence-corrected chi connectivity index (χ1v) is 13.2. The Hall–Kier alpha value is -2.96. The lowest BCUT2D eigenvalue weighted by atomic mass is 10.00. The van der Waals surface area contributed by atoms with Crippen molar-refractivity contribution in [2.24, 2.45) is 5.73 Å². The third-order valence-electron chi connectivity index (χ3n) is 5.73. The minimum absolute atomic E-state index is 0.0121.